The van der Waals surface area contributed by atoms with Crippen LogP contribution in [0.4, 0.5) is 13.2 Å². The zero-order valence-corrected chi connectivity index (χ0v) is 8.63. The minimum atomic E-state index is -4.39. The fourth-order valence-electron chi connectivity index (χ4n) is 1.28. The number of rotatable bonds is 0. The predicted octanol–water partition coefficient (Wildman–Crippen LogP) is 4.49. The average molecular weight is 254 g/mol. The minimum Gasteiger partial charge on any atom is -0.351 e. The normalized spacial score (nSPS) is 12.3. The van der Waals surface area contributed by atoms with Crippen LogP contribution in [0.1, 0.15) is 5.69 Å². The molecule has 0 fully saturated rings. The van der Waals surface area contributed by atoms with Gasteiger partial charge in [-0.1, -0.05) is 23.2 Å². The summed E-state index contributed by atoms with van der Waals surface area (Å²) in [4.78, 5) is 2.24. The Hall–Kier alpha value is -0.870. The molecule has 1 aromatic carbocycles. The van der Waals surface area contributed by atoms with Crippen molar-refractivity contribution in [1.29, 1.82) is 0 Å². The third-order valence-corrected chi connectivity index (χ3v) is 2.69. The molecule has 15 heavy (non-hydrogen) atoms. The SMILES string of the molecule is FC(F)(F)c1cc2cc(Cl)c(Cl)cc2[nH]1. The van der Waals surface area contributed by atoms with Crippen LogP contribution in [-0.4, -0.2) is 4.98 Å². The van der Waals surface area contributed by atoms with Crippen LogP contribution in [0.15, 0.2) is 18.2 Å². The minimum absolute atomic E-state index is 0.222. The second-order valence-corrected chi connectivity index (χ2v) is 3.85. The Balaban J connectivity index is 2.66. The Morgan fingerprint density at radius 3 is 2.20 bits per heavy atom. The van der Waals surface area contributed by atoms with Crippen LogP contribution in [0.2, 0.25) is 10.0 Å². The molecule has 6 heteroatoms. The van der Waals surface area contributed by atoms with E-state index >= 15 is 0 Å². The van der Waals surface area contributed by atoms with Gasteiger partial charge in [0.25, 0.3) is 0 Å². The van der Waals surface area contributed by atoms with Gasteiger partial charge in [-0.15, -0.1) is 0 Å². The van der Waals surface area contributed by atoms with E-state index in [9.17, 15) is 13.2 Å². The second-order valence-electron chi connectivity index (χ2n) is 3.03. The highest BCUT2D eigenvalue weighted by Crippen LogP contribution is 2.34. The Bertz CT molecular complexity index is 477. The number of H-pyrrole nitrogens is 1. The zero-order valence-electron chi connectivity index (χ0n) is 7.12. The van der Waals surface area contributed by atoms with Crippen molar-refractivity contribution < 1.29 is 13.2 Å². The molecule has 0 atom stereocenters. The van der Waals surface area contributed by atoms with E-state index in [-0.39, 0.29) is 10.0 Å². The van der Waals surface area contributed by atoms with Gasteiger partial charge in [0.1, 0.15) is 5.69 Å². The van der Waals surface area contributed by atoms with Crippen LogP contribution in [0, 0.1) is 0 Å². The van der Waals surface area contributed by atoms with Gasteiger partial charge < -0.3 is 4.98 Å². The number of alkyl halides is 3. The summed E-state index contributed by atoms with van der Waals surface area (Å²) >= 11 is 11.4. The highest BCUT2D eigenvalue weighted by Gasteiger charge is 2.32. The van der Waals surface area contributed by atoms with E-state index in [0.717, 1.165) is 6.07 Å². The van der Waals surface area contributed by atoms with E-state index in [4.69, 9.17) is 23.2 Å². The largest absolute Gasteiger partial charge is 0.431 e. The fourth-order valence-corrected chi connectivity index (χ4v) is 1.62. The topological polar surface area (TPSA) is 15.8 Å². The summed E-state index contributed by atoms with van der Waals surface area (Å²) in [6.07, 6.45) is -4.39. The van der Waals surface area contributed by atoms with Gasteiger partial charge in [-0.3, -0.25) is 0 Å². The van der Waals surface area contributed by atoms with E-state index in [0.29, 0.717) is 10.9 Å². The number of hydrogen-bond acceptors (Lipinski definition) is 0. The molecule has 1 heterocycles. The lowest BCUT2D eigenvalue weighted by Crippen LogP contribution is -2.04. The highest BCUT2D eigenvalue weighted by molar-refractivity contribution is 6.42. The molecule has 0 saturated heterocycles. The van der Waals surface area contributed by atoms with Crippen molar-refractivity contribution in [3.8, 4) is 0 Å². The van der Waals surface area contributed by atoms with Gasteiger partial charge >= 0.3 is 6.18 Å². The molecule has 0 bridgehead atoms. The maximum atomic E-state index is 12.3. The molecule has 0 aliphatic heterocycles. The van der Waals surface area contributed by atoms with E-state index < -0.39 is 11.9 Å². The van der Waals surface area contributed by atoms with Gasteiger partial charge in [0.15, 0.2) is 0 Å². The van der Waals surface area contributed by atoms with Crippen LogP contribution < -0.4 is 0 Å². The number of halogens is 5. The summed E-state index contributed by atoms with van der Waals surface area (Å²) in [5, 5.41) is 0.841. The van der Waals surface area contributed by atoms with Crippen LogP contribution in [0.5, 0.6) is 0 Å². The standard InChI is InChI=1S/C9H4Cl2F3N/c10-5-1-4-2-8(9(12,13)14)15-7(4)3-6(5)11/h1-3,15H. The number of aromatic amines is 1. The lowest BCUT2D eigenvalue weighted by molar-refractivity contribution is -0.140. The maximum absolute atomic E-state index is 12.3. The monoisotopic (exact) mass is 253 g/mol. The van der Waals surface area contributed by atoms with E-state index in [1.165, 1.54) is 12.1 Å². The molecular formula is C9H4Cl2F3N. The third kappa shape index (κ3) is 1.92. The Morgan fingerprint density at radius 1 is 1.00 bits per heavy atom. The van der Waals surface area contributed by atoms with E-state index in [2.05, 4.69) is 4.98 Å². The lowest BCUT2D eigenvalue weighted by Gasteiger charge is -2.00. The van der Waals surface area contributed by atoms with Crippen LogP contribution in [-0.2, 0) is 6.18 Å². The number of fused-ring (bicyclic) bond motifs is 1. The molecule has 1 N–H and O–H groups in total. The predicted molar refractivity (Wildman–Crippen MR) is 53.3 cm³/mol. The number of aromatic nitrogens is 1. The van der Waals surface area contributed by atoms with Gasteiger partial charge in [0.2, 0.25) is 0 Å². The van der Waals surface area contributed by atoms with Gasteiger partial charge in [-0.25, -0.2) is 0 Å². The quantitative estimate of drug-likeness (QED) is 0.712. The second kappa shape index (κ2) is 3.32. The summed E-state index contributed by atoms with van der Waals surface area (Å²) in [5.41, 5.74) is -0.493. The smallest absolute Gasteiger partial charge is 0.351 e. The first-order chi connectivity index (χ1) is 6.88. The van der Waals surface area contributed by atoms with Crippen LogP contribution in [0.25, 0.3) is 10.9 Å². The number of hydrogen-bond donors (Lipinski definition) is 1. The zero-order chi connectivity index (χ0) is 11.2. The summed E-state index contributed by atoms with van der Waals surface area (Å²) in [6.45, 7) is 0. The van der Waals surface area contributed by atoms with Crippen molar-refractivity contribution in [3.63, 3.8) is 0 Å². The molecule has 0 spiro atoms. The van der Waals surface area contributed by atoms with Crippen molar-refractivity contribution >= 4 is 34.1 Å². The molecule has 0 unspecified atom stereocenters. The van der Waals surface area contributed by atoms with Crippen molar-refractivity contribution in [1.82, 2.24) is 4.98 Å². The molecule has 2 aromatic rings. The lowest BCUT2D eigenvalue weighted by atomic mass is 10.2. The van der Waals surface area contributed by atoms with Crippen molar-refractivity contribution in [2.24, 2.45) is 0 Å². The molecular weight excluding hydrogens is 250 g/mol. The molecule has 0 aliphatic rings. The maximum Gasteiger partial charge on any atom is 0.431 e. The van der Waals surface area contributed by atoms with Crippen LogP contribution in [0.3, 0.4) is 0 Å². The Morgan fingerprint density at radius 2 is 1.60 bits per heavy atom. The van der Waals surface area contributed by atoms with Gasteiger partial charge in [0.05, 0.1) is 10.0 Å². The van der Waals surface area contributed by atoms with Crippen molar-refractivity contribution in [2.45, 2.75) is 6.18 Å². The first-order valence-electron chi connectivity index (χ1n) is 3.93. The summed E-state index contributed by atoms with van der Waals surface area (Å²) in [7, 11) is 0. The molecule has 0 amide bonds. The number of nitrogens with one attached hydrogen (secondary N) is 1. The number of benzene rings is 1. The highest BCUT2D eigenvalue weighted by atomic mass is 35.5. The Kier molecular flexibility index (Phi) is 2.35. The first-order valence-corrected chi connectivity index (χ1v) is 4.68. The summed E-state index contributed by atoms with van der Waals surface area (Å²) in [5.74, 6) is 0. The van der Waals surface area contributed by atoms with E-state index in [1.807, 2.05) is 0 Å². The van der Waals surface area contributed by atoms with E-state index in [1.54, 1.807) is 0 Å². The average Bonchev–Trinajstić information content (AvgIpc) is 2.47. The molecule has 2 rings (SSSR count). The van der Waals surface area contributed by atoms with Gasteiger partial charge in [0, 0.05) is 10.9 Å². The molecule has 0 radical (unpaired) electrons. The fraction of sp³-hybridized carbons (Fsp3) is 0.111. The van der Waals surface area contributed by atoms with Gasteiger partial charge in [-0.05, 0) is 18.2 Å². The third-order valence-electron chi connectivity index (χ3n) is 1.97. The van der Waals surface area contributed by atoms with Crippen molar-refractivity contribution in [3.05, 3.63) is 33.9 Å². The summed E-state index contributed by atoms with van der Waals surface area (Å²) < 4.78 is 37.0. The molecule has 1 nitrogen and oxygen atoms in total. The van der Waals surface area contributed by atoms with Crippen LogP contribution >= 0.6 is 23.2 Å². The van der Waals surface area contributed by atoms with Gasteiger partial charge in [-0.2, -0.15) is 13.2 Å². The first kappa shape index (κ1) is 10.6. The molecule has 0 aliphatic carbocycles. The molecule has 1 aromatic heterocycles. The Labute approximate surface area is 92.8 Å². The molecule has 80 valence electrons. The molecule has 0 saturated carbocycles. The summed E-state index contributed by atoms with van der Waals surface area (Å²) in [6, 6.07) is 3.76. The van der Waals surface area contributed by atoms with Crippen molar-refractivity contribution in [2.75, 3.05) is 0 Å².